The Hall–Kier alpha value is -1.35. The van der Waals surface area contributed by atoms with Gasteiger partial charge in [0.2, 0.25) is 5.91 Å². The number of rotatable bonds is 5. The van der Waals surface area contributed by atoms with Crippen molar-refractivity contribution in [2.45, 2.75) is 33.2 Å². The fourth-order valence-corrected chi connectivity index (χ4v) is 1.85. The van der Waals surface area contributed by atoms with Crippen LogP contribution >= 0.6 is 0 Å². The van der Waals surface area contributed by atoms with Crippen molar-refractivity contribution >= 4 is 5.91 Å². The topological polar surface area (TPSA) is 55.1 Å². The second kappa shape index (κ2) is 5.66. The Morgan fingerprint density at radius 2 is 1.88 bits per heavy atom. The van der Waals surface area contributed by atoms with E-state index in [1.807, 2.05) is 26.0 Å². The predicted octanol–water partition coefficient (Wildman–Crippen LogP) is 1.83. The van der Waals surface area contributed by atoms with Crippen LogP contribution in [0.4, 0.5) is 0 Å². The first kappa shape index (κ1) is 12.7. The van der Waals surface area contributed by atoms with Crippen LogP contribution in [0.3, 0.4) is 0 Å². The third kappa shape index (κ3) is 3.35. The molecule has 0 aromatic heterocycles. The van der Waals surface area contributed by atoms with E-state index in [2.05, 4.69) is 18.3 Å². The number of benzene rings is 1. The molecule has 88 valence electrons. The fourth-order valence-electron chi connectivity index (χ4n) is 1.85. The van der Waals surface area contributed by atoms with Crippen LogP contribution in [0, 0.1) is 13.8 Å². The average molecular weight is 220 g/mol. The summed E-state index contributed by atoms with van der Waals surface area (Å²) in [4.78, 5) is 11.4. The van der Waals surface area contributed by atoms with Gasteiger partial charge >= 0.3 is 0 Å². The van der Waals surface area contributed by atoms with E-state index in [4.69, 9.17) is 5.73 Å². The molecule has 1 amide bonds. The van der Waals surface area contributed by atoms with Gasteiger partial charge in [0.1, 0.15) is 6.04 Å². The van der Waals surface area contributed by atoms with Gasteiger partial charge in [0.05, 0.1) is 0 Å². The SMILES string of the molecule is CCCNC(C(N)=O)c1cc(C)cc(C)c1. The molecule has 1 unspecified atom stereocenters. The number of aryl methyl sites for hydroxylation is 2. The molecule has 1 aromatic carbocycles. The third-order valence-electron chi connectivity index (χ3n) is 2.46. The largest absolute Gasteiger partial charge is 0.368 e. The van der Waals surface area contributed by atoms with Gasteiger partial charge in [-0.3, -0.25) is 4.79 Å². The van der Waals surface area contributed by atoms with Gasteiger partial charge in [-0.05, 0) is 32.4 Å². The lowest BCUT2D eigenvalue weighted by Crippen LogP contribution is -2.34. The highest BCUT2D eigenvalue weighted by Crippen LogP contribution is 2.16. The van der Waals surface area contributed by atoms with Crippen LogP contribution in [0.15, 0.2) is 18.2 Å². The first-order valence-corrected chi connectivity index (χ1v) is 5.65. The molecule has 1 aromatic rings. The molecule has 3 heteroatoms. The van der Waals surface area contributed by atoms with Crippen LogP contribution < -0.4 is 11.1 Å². The molecule has 0 saturated heterocycles. The van der Waals surface area contributed by atoms with Gasteiger partial charge in [-0.2, -0.15) is 0 Å². The first-order valence-electron chi connectivity index (χ1n) is 5.65. The van der Waals surface area contributed by atoms with E-state index in [0.29, 0.717) is 0 Å². The summed E-state index contributed by atoms with van der Waals surface area (Å²) in [6, 6.07) is 5.72. The Bertz CT molecular complexity index is 354. The summed E-state index contributed by atoms with van der Waals surface area (Å²) < 4.78 is 0. The lowest BCUT2D eigenvalue weighted by atomic mass is 10.0. The summed E-state index contributed by atoms with van der Waals surface area (Å²) in [5.41, 5.74) is 8.67. The van der Waals surface area contributed by atoms with Crippen LogP contribution in [0.1, 0.15) is 36.1 Å². The van der Waals surface area contributed by atoms with E-state index in [9.17, 15) is 4.79 Å². The van der Waals surface area contributed by atoms with Crippen molar-refractivity contribution in [3.8, 4) is 0 Å². The van der Waals surface area contributed by atoms with Crippen LogP contribution in [0.5, 0.6) is 0 Å². The minimum Gasteiger partial charge on any atom is -0.368 e. The van der Waals surface area contributed by atoms with E-state index < -0.39 is 0 Å². The van der Waals surface area contributed by atoms with Gasteiger partial charge in [0.25, 0.3) is 0 Å². The Labute approximate surface area is 97.0 Å². The monoisotopic (exact) mass is 220 g/mol. The van der Waals surface area contributed by atoms with E-state index in [-0.39, 0.29) is 11.9 Å². The molecule has 0 spiro atoms. The second-order valence-electron chi connectivity index (χ2n) is 4.21. The molecular formula is C13H20N2O. The Balaban J connectivity index is 2.96. The highest BCUT2D eigenvalue weighted by atomic mass is 16.1. The van der Waals surface area contributed by atoms with Crippen molar-refractivity contribution in [3.63, 3.8) is 0 Å². The number of primary amides is 1. The van der Waals surface area contributed by atoms with Crippen LogP contribution in [-0.4, -0.2) is 12.5 Å². The van der Waals surface area contributed by atoms with Crippen LogP contribution in [0.2, 0.25) is 0 Å². The molecular weight excluding hydrogens is 200 g/mol. The molecule has 0 fully saturated rings. The molecule has 0 heterocycles. The zero-order valence-electron chi connectivity index (χ0n) is 10.2. The highest BCUT2D eigenvalue weighted by Gasteiger charge is 2.16. The smallest absolute Gasteiger partial charge is 0.239 e. The standard InChI is InChI=1S/C13H20N2O/c1-4-5-15-12(13(14)16)11-7-9(2)6-10(3)8-11/h6-8,12,15H,4-5H2,1-3H3,(H2,14,16). The molecule has 0 bridgehead atoms. The molecule has 0 aliphatic carbocycles. The fraction of sp³-hybridized carbons (Fsp3) is 0.462. The molecule has 0 saturated carbocycles. The highest BCUT2D eigenvalue weighted by molar-refractivity contribution is 5.81. The van der Waals surface area contributed by atoms with Crippen molar-refractivity contribution in [3.05, 3.63) is 34.9 Å². The molecule has 3 nitrogen and oxygen atoms in total. The number of nitrogens with two attached hydrogens (primary N) is 1. The number of carbonyl (C=O) groups is 1. The van der Waals surface area contributed by atoms with Crippen LogP contribution in [0.25, 0.3) is 0 Å². The lowest BCUT2D eigenvalue weighted by molar-refractivity contribution is -0.120. The number of hydrogen-bond donors (Lipinski definition) is 2. The summed E-state index contributed by atoms with van der Waals surface area (Å²) in [5, 5.41) is 3.17. The maximum Gasteiger partial charge on any atom is 0.239 e. The van der Waals surface area contributed by atoms with Gasteiger partial charge in [-0.1, -0.05) is 36.2 Å². The summed E-state index contributed by atoms with van der Waals surface area (Å²) in [6.07, 6.45) is 0.981. The molecule has 0 radical (unpaired) electrons. The summed E-state index contributed by atoms with van der Waals surface area (Å²) in [5.74, 6) is -0.321. The molecule has 0 aliphatic rings. The maximum atomic E-state index is 11.4. The molecule has 16 heavy (non-hydrogen) atoms. The normalized spacial score (nSPS) is 12.4. The van der Waals surface area contributed by atoms with Crippen molar-refractivity contribution in [2.24, 2.45) is 5.73 Å². The third-order valence-corrected chi connectivity index (χ3v) is 2.46. The van der Waals surface area contributed by atoms with Crippen LogP contribution in [-0.2, 0) is 4.79 Å². The lowest BCUT2D eigenvalue weighted by Gasteiger charge is -2.16. The van der Waals surface area contributed by atoms with Crippen molar-refractivity contribution in [1.82, 2.24) is 5.32 Å². The maximum absolute atomic E-state index is 11.4. The summed E-state index contributed by atoms with van der Waals surface area (Å²) in [7, 11) is 0. The second-order valence-corrected chi connectivity index (χ2v) is 4.21. The van der Waals surface area contributed by atoms with Gasteiger partial charge in [-0.25, -0.2) is 0 Å². The van der Waals surface area contributed by atoms with Crippen molar-refractivity contribution < 1.29 is 4.79 Å². The Morgan fingerprint density at radius 3 is 2.31 bits per heavy atom. The van der Waals surface area contributed by atoms with E-state index in [1.165, 1.54) is 0 Å². The van der Waals surface area contributed by atoms with Crippen molar-refractivity contribution in [2.75, 3.05) is 6.54 Å². The summed E-state index contributed by atoms with van der Waals surface area (Å²) >= 11 is 0. The van der Waals surface area contributed by atoms with Gasteiger partial charge in [-0.15, -0.1) is 0 Å². The number of nitrogens with one attached hydrogen (secondary N) is 1. The van der Waals surface area contributed by atoms with E-state index in [1.54, 1.807) is 0 Å². The molecule has 1 rings (SSSR count). The quantitative estimate of drug-likeness (QED) is 0.795. The molecule has 3 N–H and O–H groups in total. The molecule has 1 atom stereocenters. The average Bonchev–Trinajstić information content (AvgIpc) is 2.16. The van der Waals surface area contributed by atoms with Crippen molar-refractivity contribution in [1.29, 1.82) is 0 Å². The van der Waals surface area contributed by atoms with Gasteiger partial charge in [0, 0.05) is 0 Å². The Morgan fingerprint density at radius 1 is 1.31 bits per heavy atom. The van der Waals surface area contributed by atoms with E-state index >= 15 is 0 Å². The number of hydrogen-bond acceptors (Lipinski definition) is 2. The zero-order chi connectivity index (χ0) is 12.1. The first-order chi connectivity index (χ1) is 7.54. The van der Waals surface area contributed by atoms with Gasteiger partial charge in [0.15, 0.2) is 0 Å². The minimum atomic E-state index is -0.376. The zero-order valence-corrected chi connectivity index (χ0v) is 10.2. The Kier molecular flexibility index (Phi) is 4.50. The van der Waals surface area contributed by atoms with E-state index in [0.717, 1.165) is 29.7 Å². The predicted molar refractivity (Wildman–Crippen MR) is 66.1 cm³/mol. The molecule has 0 aliphatic heterocycles. The van der Waals surface area contributed by atoms with Gasteiger partial charge < -0.3 is 11.1 Å². The number of carbonyl (C=O) groups excluding carboxylic acids is 1. The minimum absolute atomic E-state index is 0.321. The summed E-state index contributed by atoms with van der Waals surface area (Å²) in [6.45, 7) is 6.90. The number of amides is 1.